The molecule has 1 atom stereocenters. The van der Waals surface area contributed by atoms with Gasteiger partial charge in [0.1, 0.15) is 6.04 Å². The van der Waals surface area contributed by atoms with Crippen molar-refractivity contribution in [1.82, 2.24) is 9.62 Å². The van der Waals surface area contributed by atoms with E-state index in [1.54, 1.807) is 0 Å². The Morgan fingerprint density at radius 3 is 2.45 bits per heavy atom. The smallest absolute Gasteiger partial charge is 0.238 e. The fourth-order valence-corrected chi connectivity index (χ4v) is 3.56. The molecule has 1 rings (SSSR count). The van der Waals surface area contributed by atoms with E-state index in [1.807, 2.05) is 13.8 Å². The number of carbonyl (C=O) groups is 1. The van der Waals surface area contributed by atoms with Crippen molar-refractivity contribution >= 4 is 15.9 Å². The van der Waals surface area contributed by atoms with Gasteiger partial charge in [-0.05, 0) is 25.7 Å². The molecule has 0 saturated carbocycles. The van der Waals surface area contributed by atoms with E-state index >= 15 is 0 Å². The number of sulfonamides is 1. The van der Waals surface area contributed by atoms with Crippen LogP contribution < -0.4 is 5.32 Å². The second kappa shape index (κ2) is 6.87. The zero-order chi connectivity index (χ0) is 15.4. The summed E-state index contributed by atoms with van der Waals surface area (Å²) in [6.07, 6.45) is 4.39. The molecule has 1 unspecified atom stereocenters. The van der Waals surface area contributed by atoms with Crippen molar-refractivity contribution in [2.45, 2.75) is 57.6 Å². The van der Waals surface area contributed by atoms with Crippen LogP contribution in [-0.2, 0) is 14.8 Å². The van der Waals surface area contributed by atoms with E-state index in [-0.39, 0.29) is 12.5 Å². The topological polar surface area (TPSA) is 86.7 Å². The minimum absolute atomic E-state index is 0.160. The van der Waals surface area contributed by atoms with Crippen LogP contribution >= 0.6 is 0 Å². The van der Waals surface area contributed by atoms with Crippen LogP contribution in [0.4, 0.5) is 0 Å². The van der Waals surface area contributed by atoms with Gasteiger partial charge in [0.15, 0.2) is 0 Å². The van der Waals surface area contributed by atoms with Gasteiger partial charge in [-0.1, -0.05) is 20.3 Å². The van der Waals surface area contributed by atoms with Crippen molar-refractivity contribution in [3.63, 3.8) is 0 Å². The fraction of sp³-hybridized carbons (Fsp3) is 0.923. The molecule has 118 valence electrons. The summed E-state index contributed by atoms with van der Waals surface area (Å²) in [5.41, 5.74) is -0.916. The highest BCUT2D eigenvalue weighted by Gasteiger charge is 2.35. The van der Waals surface area contributed by atoms with Gasteiger partial charge in [-0.25, -0.2) is 8.42 Å². The molecule has 0 aromatic rings. The SMILES string of the molecule is CCC(O)(CC)CNC(=O)C1CCCCN1S(C)(=O)=O. The highest BCUT2D eigenvalue weighted by molar-refractivity contribution is 7.88. The minimum atomic E-state index is -3.37. The lowest BCUT2D eigenvalue weighted by atomic mass is 9.97. The molecule has 1 amide bonds. The van der Waals surface area contributed by atoms with Gasteiger partial charge in [0.05, 0.1) is 11.9 Å². The molecule has 0 aliphatic carbocycles. The Morgan fingerprint density at radius 2 is 1.95 bits per heavy atom. The van der Waals surface area contributed by atoms with E-state index in [0.29, 0.717) is 25.8 Å². The molecular formula is C13H26N2O4S. The summed E-state index contributed by atoms with van der Waals surface area (Å²) in [6, 6.07) is -0.642. The van der Waals surface area contributed by atoms with Crippen LogP contribution in [0, 0.1) is 0 Å². The average Bonchev–Trinajstić information content (AvgIpc) is 2.43. The predicted octanol–water partition coefficient (Wildman–Crippen LogP) is 0.468. The van der Waals surface area contributed by atoms with E-state index in [2.05, 4.69) is 5.32 Å². The zero-order valence-corrected chi connectivity index (χ0v) is 13.4. The van der Waals surface area contributed by atoms with Crippen molar-refractivity contribution in [2.75, 3.05) is 19.3 Å². The highest BCUT2D eigenvalue weighted by atomic mass is 32.2. The summed E-state index contributed by atoms with van der Waals surface area (Å²) in [5, 5.41) is 12.9. The van der Waals surface area contributed by atoms with Crippen LogP contribution in [0.15, 0.2) is 0 Å². The molecule has 1 aliphatic heterocycles. The maximum absolute atomic E-state index is 12.2. The van der Waals surface area contributed by atoms with Gasteiger partial charge in [0.25, 0.3) is 0 Å². The number of hydrogen-bond acceptors (Lipinski definition) is 4. The highest BCUT2D eigenvalue weighted by Crippen LogP contribution is 2.20. The molecule has 0 radical (unpaired) electrons. The lowest BCUT2D eigenvalue weighted by Gasteiger charge is -2.33. The molecule has 7 heteroatoms. The van der Waals surface area contributed by atoms with Crippen LogP contribution in [0.5, 0.6) is 0 Å². The number of amides is 1. The molecule has 1 saturated heterocycles. The first-order chi connectivity index (χ1) is 9.23. The predicted molar refractivity (Wildman–Crippen MR) is 77.7 cm³/mol. The number of hydrogen-bond donors (Lipinski definition) is 2. The normalized spacial score (nSPS) is 21.7. The second-order valence-corrected chi connectivity index (χ2v) is 7.47. The van der Waals surface area contributed by atoms with Crippen molar-refractivity contribution in [1.29, 1.82) is 0 Å². The largest absolute Gasteiger partial charge is 0.388 e. The maximum atomic E-state index is 12.2. The fourth-order valence-electron chi connectivity index (χ4n) is 2.43. The van der Waals surface area contributed by atoms with E-state index in [1.165, 1.54) is 4.31 Å². The number of nitrogens with zero attached hydrogens (tertiary/aromatic N) is 1. The third-order valence-corrected chi connectivity index (χ3v) is 5.38. The Hall–Kier alpha value is -0.660. The lowest BCUT2D eigenvalue weighted by molar-refractivity contribution is -0.127. The summed E-state index contributed by atoms with van der Waals surface area (Å²) < 4.78 is 24.7. The molecule has 0 aromatic carbocycles. The van der Waals surface area contributed by atoms with Crippen molar-refractivity contribution in [3.8, 4) is 0 Å². The number of rotatable bonds is 6. The molecule has 0 bridgehead atoms. The summed E-state index contributed by atoms with van der Waals surface area (Å²) >= 11 is 0. The molecule has 0 spiro atoms. The number of piperidine rings is 1. The van der Waals surface area contributed by atoms with E-state index in [0.717, 1.165) is 19.1 Å². The monoisotopic (exact) mass is 306 g/mol. The third-order valence-electron chi connectivity index (χ3n) is 4.09. The maximum Gasteiger partial charge on any atom is 0.238 e. The van der Waals surface area contributed by atoms with Gasteiger partial charge in [0.2, 0.25) is 15.9 Å². The number of aliphatic hydroxyl groups is 1. The Kier molecular flexibility index (Phi) is 5.97. The van der Waals surface area contributed by atoms with Crippen LogP contribution in [0.3, 0.4) is 0 Å². The molecule has 1 heterocycles. The Labute approximate surface area is 121 Å². The summed E-state index contributed by atoms with van der Waals surface area (Å²) in [6.45, 7) is 4.27. The summed E-state index contributed by atoms with van der Waals surface area (Å²) in [4.78, 5) is 12.2. The van der Waals surface area contributed by atoms with E-state index in [4.69, 9.17) is 0 Å². The molecule has 0 aromatic heterocycles. The van der Waals surface area contributed by atoms with Gasteiger partial charge in [-0.15, -0.1) is 0 Å². The first kappa shape index (κ1) is 17.4. The minimum Gasteiger partial charge on any atom is -0.388 e. The standard InChI is InChI=1S/C13H26N2O4S/c1-4-13(17,5-2)10-14-12(16)11-8-6-7-9-15(11)20(3,18)19/h11,17H,4-10H2,1-3H3,(H,14,16). The molecular weight excluding hydrogens is 280 g/mol. The van der Waals surface area contributed by atoms with Gasteiger partial charge >= 0.3 is 0 Å². The number of carbonyl (C=O) groups excluding carboxylic acids is 1. The Bertz CT molecular complexity index is 432. The Morgan fingerprint density at radius 1 is 1.35 bits per heavy atom. The van der Waals surface area contributed by atoms with Gasteiger partial charge in [-0.3, -0.25) is 4.79 Å². The molecule has 1 aliphatic rings. The average molecular weight is 306 g/mol. The quantitative estimate of drug-likeness (QED) is 0.747. The second-order valence-electron chi connectivity index (χ2n) is 5.53. The van der Waals surface area contributed by atoms with Gasteiger partial charge < -0.3 is 10.4 Å². The van der Waals surface area contributed by atoms with Crippen LogP contribution in [0.1, 0.15) is 46.0 Å². The summed E-state index contributed by atoms with van der Waals surface area (Å²) in [5.74, 6) is -0.310. The third kappa shape index (κ3) is 4.43. The van der Waals surface area contributed by atoms with Crippen molar-refractivity contribution in [2.24, 2.45) is 0 Å². The first-order valence-corrected chi connectivity index (χ1v) is 9.05. The number of nitrogens with one attached hydrogen (secondary N) is 1. The van der Waals surface area contributed by atoms with Crippen molar-refractivity contribution in [3.05, 3.63) is 0 Å². The van der Waals surface area contributed by atoms with Crippen LogP contribution in [0.25, 0.3) is 0 Å². The molecule has 1 fully saturated rings. The molecule has 6 nitrogen and oxygen atoms in total. The molecule has 20 heavy (non-hydrogen) atoms. The van der Waals surface area contributed by atoms with Gasteiger partial charge in [-0.2, -0.15) is 4.31 Å². The summed E-state index contributed by atoms with van der Waals surface area (Å²) in [7, 11) is -3.37. The van der Waals surface area contributed by atoms with Crippen LogP contribution in [-0.4, -0.2) is 54.7 Å². The first-order valence-electron chi connectivity index (χ1n) is 7.20. The van der Waals surface area contributed by atoms with Gasteiger partial charge in [0, 0.05) is 13.1 Å². The Balaban J connectivity index is 2.70. The van der Waals surface area contributed by atoms with E-state index in [9.17, 15) is 18.3 Å². The van der Waals surface area contributed by atoms with E-state index < -0.39 is 21.7 Å². The molecule has 2 N–H and O–H groups in total. The lowest BCUT2D eigenvalue weighted by Crippen LogP contribution is -2.53. The van der Waals surface area contributed by atoms with Crippen molar-refractivity contribution < 1.29 is 18.3 Å². The van der Waals surface area contributed by atoms with Crippen LogP contribution in [0.2, 0.25) is 0 Å². The zero-order valence-electron chi connectivity index (χ0n) is 12.6.